The Labute approximate surface area is 153 Å². The molecule has 0 aliphatic carbocycles. The lowest BCUT2D eigenvalue weighted by molar-refractivity contribution is 0.774. The van der Waals surface area contributed by atoms with E-state index in [-0.39, 0.29) is 5.56 Å². The van der Waals surface area contributed by atoms with Gasteiger partial charge in [0.25, 0.3) is 5.56 Å². The van der Waals surface area contributed by atoms with Crippen LogP contribution in [0.1, 0.15) is 47.8 Å². The molecule has 26 heavy (non-hydrogen) atoms. The highest BCUT2D eigenvalue weighted by Crippen LogP contribution is 2.22. The van der Waals surface area contributed by atoms with Crippen LogP contribution in [0.4, 0.5) is 11.9 Å². The van der Waals surface area contributed by atoms with E-state index in [1.807, 2.05) is 13.8 Å². The van der Waals surface area contributed by atoms with Crippen LogP contribution in [0.15, 0.2) is 16.9 Å². The SMILES string of the molecule is CCCCc1c(C)nc(Nc2nc(C)c3cc(C)c(C)cc3n2)[nH]c1=O. The van der Waals surface area contributed by atoms with Crippen LogP contribution in [0.2, 0.25) is 0 Å². The second-order valence-corrected chi connectivity index (χ2v) is 6.79. The summed E-state index contributed by atoms with van der Waals surface area (Å²) in [5.41, 5.74) is 5.56. The average molecular weight is 351 g/mol. The predicted molar refractivity (Wildman–Crippen MR) is 105 cm³/mol. The molecule has 0 radical (unpaired) electrons. The molecule has 2 aromatic heterocycles. The Morgan fingerprint density at radius 2 is 1.73 bits per heavy atom. The number of hydrogen-bond acceptors (Lipinski definition) is 5. The molecule has 0 spiro atoms. The molecule has 0 bridgehead atoms. The lowest BCUT2D eigenvalue weighted by Crippen LogP contribution is -2.18. The minimum Gasteiger partial charge on any atom is -0.294 e. The second kappa shape index (κ2) is 7.23. The lowest BCUT2D eigenvalue weighted by Gasteiger charge is -2.11. The fourth-order valence-corrected chi connectivity index (χ4v) is 3.02. The van der Waals surface area contributed by atoms with Gasteiger partial charge in [-0.2, -0.15) is 0 Å². The van der Waals surface area contributed by atoms with Gasteiger partial charge < -0.3 is 0 Å². The number of aryl methyl sites for hydroxylation is 4. The van der Waals surface area contributed by atoms with Gasteiger partial charge in [-0.05, 0) is 63.8 Å². The zero-order valence-corrected chi connectivity index (χ0v) is 16.0. The molecule has 136 valence electrons. The molecule has 0 aliphatic rings. The number of nitrogens with one attached hydrogen (secondary N) is 2. The molecule has 0 aliphatic heterocycles. The molecule has 3 rings (SSSR count). The van der Waals surface area contributed by atoms with E-state index >= 15 is 0 Å². The van der Waals surface area contributed by atoms with Crippen molar-refractivity contribution in [2.75, 3.05) is 5.32 Å². The Morgan fingerprint density at radius 3 is 2.42 bits per heavy atom. The highest BCUT2D eigenvalue weighted by atomic mass is 16.1. The van der Waals surface area contributed by atoms with E-state index in [1.54, 1.807) is 0 Å². The Hall–Kier alpha value is -2.76. The molecule has 6 nitrogen and oxygen atoms in total. The molecule has 0 saturated carbocycles. The molecule has 0 saturated heterocycles. The van der Waals surface area contributed by atoms with Crippen LogP contribution >= 0.6 is 0 Å². The van der Waals surface area contributed by atoms with Crippen LogP contribution in [0.3, 0.4) is 0 Å². The summed E-state index contributed by atoms with van der Waals surface area (Å²) in [6, 6.07) is 4.16. The summed E-state index contributed by atoms with van der Waals surface area (Å²) < 4.78 is 0. The first-order valence-electron chi connectivity index (χ1n) is 9.01. The van der Waals surface area contributed by atoms with Crippen molar-refractivity contribution < 1.29 is 0 Å². The average Bonchev–Trinajstić information content (AvgIpc) is 2.56. The number of unbranched alkanes of at least 4 members (excludes halogenated alkanes) is 1. The van der Waals surface area contributed by atoms with Gasteiger partial charge in [-0.15, -0.1) is 0 Å². The van der Waals surface area contributed by atoms with Crippen molar-refractivity contribution in [2.24, 2.45) is 0 Å². The first kappa shape index (κ1) is 18.0. The third kappa shape index (κ3) is 3.59. The van der Waals surface area contributed by atoms with Gasteiger partial charge in [0.2, 0.25) is 11.9 Å². The number of benzene rings is 1. The highest BCUT2D eigenvalue weighted by molar-refractivity contribution is 5.83. The third-order valence-electron chi connectivity index (χ3n) is 4.73. The maximum Gasteiger partial charge on any atom is 0.255 e. The van der Waals surface area contributed by atoms with Crippen LogP contribution in [0.5, 0.6) is 0 Å². The Bertz CT molecular complexity index is 1020. The van der Waals surface area contributed by atoms with E-state index in [1.165, 1.54) is 11.1 Å². The molecule has 0 atom stereocenters. The van der Waals surface area contributed by atoms with Gasteiger partial charge in [0.15, 0.2) is 0 Å². The van der Waals surface area contributed by atoms with Gasteiger partial charge in [-0.25, -0.2) is 15.0 Å². The van der Waals surface area contributed by atoms with Gasteiger partial charge in [-0.1, -0.05) is 13.3 Å². The number of rotatable bonds is 5. The minimum atomic E-state index is -0.0996. The van der Waals surface area contributed by atoms with E-state index in [0.29, 0.717) is 11.9 Å². The van der Waals surface area contributed by atoms with E-state index in [4.69, 9.17) is 0 Å². The maximum atomic E-state index is 12.3. The summed E-state index contributed by atoms with van der Waals surface area (Å²) in [4.78, 5) is 28.7. The second-order valence-electron chi connectivity index (χ2n) is 6.79. The zero-order valence-electron chi connectivity index (χ0n) is 16.0. The van der Waals surface area contributed by atoms with Crippen molar-refractivity contribution in [3.05, 3.63) is 50.6 Å². The molecular weight excluding hydrogens is 326 g/mol. The Morgan fingerprint density at radius 1 is 1.00 bits per heavy atom. The first-order valence-corrected chi connectivity index (χ1v) is 9.01. The number of anilines is 2. The van der Waals surface area contributed by atoms with Crippen molar-refractivity contribution in [1.82, 2.24) is 19.9 Å². The van der Waals surface area contributed by atoms with Crippen LogP contribution in [-0.4, -0.2) is 19.9 Å². The minimum absolute atomic E-state index is 0.0996. The van der Waals surface area contributed by atoms with Crippen molar-refractivity contribution in [3.63, 3.8) is 0 Å². The van der Waals surface area contributed by atoms with E-state index < -0.39 is 0 Å². The van der Waals surface area contributed by atoms with Crippen LogP contribution in [0, 0.1) is 27.7 Å². The number of fused-ring (bicyclic) bond motifs is 1. The standard InChI is InChI=1S/C20H25N5O/c1-6-7-8-15-13(4)21-20(24-18(15)26)25-19-22-14(5)16-9-11(2)12(3)10-17(16)23-19/h9-10H,6-8H2,1-5H3,(H2,21,22,23,24,25,26). The van der Waals surface area contributed by atoms with Gasteiger partial charge in [0.05, 0.1) is 11.2 Å². The van der Waals surface area contributed by atoms with Crippen LogP contribution < -0.4 is 10.9 Å². The summed E-state index contributed by atoms with van der Waals surface area (Å²) >= 11 is 0. The normalized spacial score (nSPS) is 11.1. The van der Waals surface area contributed by atoms with Crippen LogP contribution in [0.25, 0.3) is 10.9 Å². The van der Waals surface area contributed by atoms with Crippen LogP contribution in [-0.2, 0) is 6.42 Å². The summed E-state index contributed by atoms with van der Waals surface area (Å²) in [6.07, 6.45) is 2.77. The molecule has 0 amide bonds. The fraction of sp³-hybridized carbons (Fsp3) is 0.400. The lowest BCUT2D eigenvalue weighted by atomic mass is 10.1. The summed E-state index contributed by atoms with van der Waals surface area (Å²) in [5.74, 6) is 0.803. The maximum absolute atomic E-state index is 12.3. The molecule has 6 heteroatoms. The number of nitrogens with zero attached hydrogens (tertiary/aromatic N) is 3. The van der Waals surface area contributed by atoms with Gasteiger partial charge >= 0.3 is 0 Å². The molecule has 1 aromatic carbocycles. The monoisotopic (exact) mass is 351 g/mol. The van der Waals surface area contributed by atoms with Crippen molar-refractivity contribution >= 4 is 22.8 Å². The number of aromatic amines is 1. The van der Waals surface area contributed by atoms with E-state index in [0.717, 1.165) is 47.1 Å². The number of H-pyrrole nitrogens is 1. The van der Waals surface area contributed by atoms with E-state index in [9.17, 15) is 4.79 Å². The van der Waals surface area contributed by atoms with Gasteiger partial charge in [0, 0.05) is 16.6 Å². The highest BCUT2D eigenvalue weighted by Gasteiger charge is 2.11. The smallest absolute Gasteiger partial charge is 0.255 e. The van der Waals surface area contributed by atoms with Crippen molar-refractivity contribution in [3.8, 4) is 0 Å². The van der Waals surface area contributed by atoms with E-state index in [2.05, 4.69) is 58.2 Å². The number of aromatic nitrogens is 4. The summed E-state index contributed by atoms with van der Waals surface area (Å²) in [7, 11) is 0. The number of hydrogen-bond donors (Lipinski definition) is 2. The molecule has 2 heterocycles. The predicted octanol–water partition coefficient (Wildman–Crippen LogP) is 4.03. The molecular formula is C20H25N5O. The van der Waals surface area contributed by atoms with Gasteiger partial charge in [-0.3, -0.25) is 15.1 Å². The molecule has 0 fully saturated rings. The molecule has 0 unspecified atom stereocenters. The Kier molecular flexibility index (Phi) is 5.02. The largest absolute Gasteiger partial charge is 0.294 e. The third-order valence-corrected chi connectivity index (χ3v) is 4.73. The quantitative estimate of drug-likeness (QED) is 0.725. The summed E-state index contributed by atoms with van der Waals surface area (Å²) in [6.45, 7) is 10.1. The first-order chi connectivity index (χ1) is 12.4. The fourth-order valence-electron chi connectivity index (χ4n) is 3.02. The molecule has 2 N–H and O–H groups in total. The topological polar surface area (TPSA) is 83.6 Å². The summed E-state index contributed by atoms with van der Waals surface area (Å²) in [5, 5.41) is 4.08. The Balaban J connectivity index is 1.96. The van der Waals surface area contributed by atoms with Crippen molar-refractivity contribution in [1.29, 1.82) is 0 Å². The van der Waals surface area contributed by atoms with Crippen molar-refractivity contribution in [2.45, 2.75) is 53.9 Å². The van der Waals surface area contributed by atoms with Gasteiger partial charge in [0.1, 0.15) is 0 Å². The molecule has 3 aromatic rings. The zero-order chi connectivity index (χ0) is 18.8.